The summed E-state index contributed by atoms with van der Waals surface area (Å²) in [5, 5.41) is 2.44. The summed E-state index contributed by atoms with van der Waals surface area (Å²) in [7, 11) is 0. The normalized spacial score (nSPS) is 11.4. The molecule has 0 fully saturated rings. The number of halogens is 5. The van der Waals surface area contributed by atoms with Gasteiger partial charge in [-0.05, 0) is 34.1 Å². The van der Waals surface area contributed by atoms with Crippen LogP contribution in [0.25, 0.3) is 0 Å². The molecule has 0 saturated carbocycles. The highest BCUT2D eigenvalue weighted by molar-refractivity contribution is 9.10. The van der Waals surface area contributed by atoms with Crippen molar-refractivity contribution in [2.75, 3.05) is 11.1 Å². The summed E-state index contributed by atoms with van der Waals surface area (Å²) in [6.07, 6.45) is -3.67. The van der Waals surface area contributed by atoms with Gasteiger partial charge in [0.05, 0.1) is 17.4 Å². The molecule has 0 unspecified atom stereocenters. The Morgan fingerprint density at radius 1 is 1.25 bits per heavy atom. The van der Waals surface area contributed by atoms with Crippen molar-refractivity contribution in [2.24, 2.45) is 0 Å². The second-order valence-electron chi connectivity index (χ2n) is 3.74. The molecule has 0 spiro atoms. The van der Waals surface area contributed by atoms with E-state index in [1.54, 1.807) is 0 Å². The predicted molar refractivity (Wildman–Crippen MR) is 68.8 cm³/mol. The number of aromatic nitrogens is 2. The maximum atomic E-state index is 13.4. The molecule has 4 nitrogen and oxygen atoms in total. The molecule has 1 aromatic heterocycles. The molecule has 0 saturated heterocycles. The van der Waals surface area contributed by atoms with Crippen LogP contribution in [0.5, 0.6) is 0 Å². The monoisotopic (exact) mass is 350 g/mol. The topological polar surface area (TPSA) is 63.8 Å². The van der Waals surface area contributed by atoms with Crippen molar-refractivity contribution in [1.29, 1.82) is 0 Å². The quantitative estimate of drug-likeness (QED) is 0.810. The summed E-state index contributed by atoms with van der Waals surface area (Å²) in [4.78, 5) is 7.00. The Balaban J connectivity index is 2.40. The van der Waals surface area contributed by atoms with Crippen LogP contribution in [0.3, 0.4) is 0 Å². The minimum atomic E-state index is -4.50. The predicted octanol–water partition coefficient (Wildman–Crippen LogP) is 3.72. The van der Waals surface area contributed by atoms with Crippen LogP contribution in [0.2, 0.25) is 0 Å². The highest BCUT2D eigenvalue weighted by atomic mass is 79.9. The van der Waals surface area contributed by atoms with Gasteiger partial charge in [-0.3, -0.25) is 0 Å². The van der Waals surface area contributed by atoms with Crippen molar-refractivity contribution >= 4 is 33.4 Å². The van der Waals surface area contributed by atoms with Crippen LogP contribution in [0.1, 0.15) is 5.56 Å². The zero-order valence-corrected chi connectivity index (χ0v) is 11.3. The van der Waals surface area contributed by atoms with Crippen LogP contribution < -0.4 is 11.1 Å². The molecule has 0 amide bonds. The summed E-state index contributed by atoms with van der Waals surface area (Å²) in [5.41, 5.74) is 4.44. The lowest BCUT2D eigenvalue weighted by atomic mass is 10.2. The van der Waals surface area contributed by atoms with E-state index in [1.807, 2.05) is 0 Å². The van der Waals surface area contributed by atoms with Crippen molar-refractivity contribution in [3.8, 4) is 0 Å². The van der Waals surface area contributed by atoms with Crippen LogP contribution in [0.4, 0.5) is 35.0 Å². The standard InChI is InChI=1S/C11H7BrF4N4/c12-6-2-1-5(11(14,15)16)3-8(6)19-9-7(13)4-18-10(17)20-9/h1-4H,(H3,17,18,19,20). The molecule has 1 heterocycles. The van der Waals surface area contributed by atoms with E-state index in [0.29, 0.717) is 4.47 Å². The fourth-order valence-electron chi connectivity index (χ4n) is 1.39. The smallest absolute Gasteiger partial charge is 0.368 e. The number of nitrogens with two attached hydrogens (primary N) is 1. The number of alkyl halides is 3. The lowest BCUT2D eigenvalue weighted by Gasteiger charge is -2.12. The SMILES string of the molecule is Nc1ncc(F)c(Nc2cc(C(F)(F)F)ccc2Br)n1. The second kappa shape index (κ2) is 5.23. The molecule has 0 atom stereocenters. The Labute approximate surface area is 119 Å². The van der Waals surface area contributed by atoms with E-state index in [1.165, 1.54) is 6.07 Å². The zero-order chi connectivity index (χ0) is 14.9. The summed E-state index contributed by atoms with van der Waals surface area (Å²) >= 11 is 3.07. The Hall–Kier alpha value is -1.90. The Morgan fingerprint density at radius 2 is 1.95 bits per heavy atom. The molecule has 3 N–H and O–H groups in total. The number of benzene rings is 1. The Kier molecular flexibility index (Phi) is 3.80. The number of hydrogen-bond acceptors (Lipinski definition) is 4. The molecular weight excluding hydrogens is 344 g/mol. The maximum absolute atomic E-state index is 13.4. The van der Waals surface area contributed by atoms with Gasteiger partial charge < -0.3 is 11.1 Å². The van der Waals surface area contributed by atoms with Crippen LogP contribution in [-0.4, -0.2) is 9.97 Å². The largest absolute Gasteiger partial charge is 0.416 e. The molecule has 2 rings (SSSR count). The fourth-order valence-corrected chi connectivity index (χ4v) is 1.74. The van der Waals surface area contributed by atoms with Gasteiger partial charge in [0.25, 0.3) is 0 Å². The molecule has 1 aromatic carbocycles. The molecule has 0 aliphatic rings. The second-order valence-corrected chi connectivity index (χ2v) is 4.60. The summed E-state index contributed by atoms with van der Waals surface area (Å²) in [6, 6.07) is 2.94. The van der Waals surface area contributed by atoms with Gasteiger partial charge in [-0.15, -0.1) is 0 Å². The molecular formula is C11H7BrF4N4. The van der Waals surface area contributed by atoms with E-state index < -0.39 is 17.6 Å². The molecule has 0 bridgehead atoms. The fraction of sp³-hybridized carbons (Fsp3) is 0.0909. The van der Waals surface area contributed by atoms with Crippen LogP contribution in [0, 0.1) is 5.82 Å². The molecule has 9 heteroatoms. The minimum Gasteiger partial charge on any atom is -0.368 e. The first kappa shape index (κ1) is 14.5. The Bertz CT molecular complexity index is 645. The van der Waals surface area contributed by atoms with Crippen molar-refractivity contribution in [3.05, 3.63) is 40.2 Å². The van der Waals surface area contributed by atoms with E-state index in [2.05, 4.69) is 31.2 Å². The van der Waals surface area contributed by atoms with Gasteiger partial charge in [0.1, 0.15) is 0 Å². The third kappa shape index (κ3) is 3.16. The van der Waals surface area contributed by atoms with E-state index in [9.17, 15) is 17.6 Å². The average molecular weight is 351 g/mol. The lowest BCUT2D eigenvalue weighted by Crippen LogP contribution is -2.07. The van der Waals surface area contributed by atoms with Crippen LogP contribution >= 0.6 is 15.9 Å². The summed E-state index contributed by atoms with van der Waals surface area (Å²) < 4.78 is 51.6. The zero-order valence-electron chi connectivity index (χ0n) is 9.67. The molecule has 0 radical (unpaired) electrons. The first-order valence-electron chi connectivity index (χ1n) is 5.19. The van der Waals surface area contributed by atoms with E-state index in [-0.39, 0.29) is 17.5 Å². The number of nitrogens with one attached hydrogen (secondary N) is 1. The first-order chi connectivity index (χ1) is 9.27. The highest BCUT2D eigenvalue weighted by Gasteiger charge is 2.31. The van der Waals surface area contributed by atoms with E-state index >= 15 is 0 Å². The molecule has 0 aliphatic carbocycles. The third-order valence-electron chi connectivity index (χ3n) is 2.31. The van der Waals surface area contributed by atoms with Gasteiger partial charge in [-0.25, -0.2) is 9.37 Å². The van der Waals surface area contributed by atoms with Gasteiger partial charge in [0, 0.05) is 4.47 Å². The Morgan fingerprint density at radius 3 is 2.60 bits per heavy atom. The van der Waals surface area contributed by atoms with E-state index in [0.717, 1.165) is 18.3 Å². The highest BCUT2D eigenvalue weighted by Crippen LogP contribution is 2.35. The summed E-state index contributed by atoms with van der Waals surface area (Å²) in [6.45, 7) is 0. The van der Waals surface area contributed by atoms with E-state index in [4.69, 9.17) is 5.73 Å². The van der Waals surface area contributed by atoms with Crippen molar-refractivity contribution < 1.29 is 17.6 Å². The van der Waals surface area contributed by atoms with Crippen LogP contribution in [-0.2, 0) is 6.18 Å². The van der Waals surface area contributed by atoms with Crippen molar-refractivity contribution in [2.45, 2.75) is 6.18 Å². The third-order valence-corrected chi connectivity index (χ3v) is 3.00. The van der Waals surface area contributed by atoms with Gasteiger partial charge in [-0.1, -0.05) is 0 Å². The number of rotatable bonds is 2. The van der Waals surface area contributed by atoms with Gasteiger partial charge in [0.2, 0.25) is 5.95 Å². The number of nitrogens with zero attached hydrogens (tertiary/aromatic N) is 2. The summed E-state index contributed by atoms with van der Waals surface area (Å²) in [5.74, 6) is -1.34. The molecule has 20 heavy (non-hydrogen) atoms. The minimum absolute atomic E-state index is 0.0109. The molecule has 2 aromatic rings. The lowest BCUT2D eigenvalue weighted by molar-refractivity contribution is -0.137. The van der Waals surface area contributed by atoms with Crippen molar-refractivity contribution in [1.82, 2.24) is 9.97 Å². The van der Waals surface area contributed by atoms with Gasteiger partial charge >= 0.3 is 6.18 Å². The van der Waals surface area contributed by atoms with Crippen LogP contribution in [0.15, 0.2) is 28.9 Å². The number of nitrogen functional groups attached to an aromatic ring is 1. The molecule has 0 aliphatic heterocycles. The van der Waals surface area contributed by atoms with Crippen molar-refractivity contribution in [3.63, 3.8) is 0 Å². The van der Waals surface area contributed by atoms with Gasteiger partial charge in [0.15, 0.2) is 11.6 Å². The maximum Gasteiger partial charge on any atom is 0.416 e. The van der Waals surface area contributed by atoms with Gasteiger partial charge in [-0.2, -0.15) is 18.2 Å². The number of anilines is 3. The molecule has 106 valence electrons. The number of hydrogen-bond donors (Lipinski definition) is 2. The first-order valence-corrected chi connectivity index (χ1v) is 5.98. The average Bonchev–Trinajstić information content (AvgIpc) is 2.35.